The maximum absolute atomic E-state index is 11.1. The molecular formula is C19H24N2O5. The number of fused-ring (bicyclic) bond motifs is 1. The summed E-state index contributed by atoms with van der Waals surface area (Å²) in [6, 6.07) is 7.70. The van der Waals surface area contributed by atoms with Crippen molar-refractivity contribution in [3.05, 3.63) is 35.9 Å². The van der Waals surface area contributed by atoms with E-state index in [2.05, 4.69) is 4.90 Å². The Bertz CT molecular complexity index is 750. The minimum absolute atomic E-state index is 0.0664. The highest BCUT2D eigenvalue weighted by Gasteiger charge is 2.30. The summed E-state index contributed by atoms with van der Waals surface area (Å²) in [6.07, 6.45) is 1.32. The van der Waals surface area contributed by atoms with E-state index in [1.807, 2.05) is 0 Å². The molecule has 2 aromatic rings. The third kappa shape index (κ3) is 3.20. The first kappa shape index (κ1) is 17.1. The molecule has 3 N–H and O–H groups in total. The van der Waals surface area contributed by atoms with E-state index >= 15 is 0 Å². The van der Waals surface area contributed by atoms with Crippen LogP contribution in [0.4, 0.5) is 0 Å². The fourth-order valence-corrected chi connectivity index (χ4v) is 3.79. The van der Waals surface area contributed by atoms with Crippen LogP contribution in [0.15, 0.2) is 30.3 Å². The van der Waals surface area contributed by atoms with Gasteiger partial charge in [-0.3, -0.25) is 4.57 Å². The molecule has 1 saturated heterocycles. The number of hydrogen-bond acceptors (Lipinski definition) is 6. The summed E-state index contributed by atoms with van der Waals surface area (Å²) in [5.74, 6) is 1.13. The number of hydrogen-bond donors (Lipinski definition) is 3. The number of nitrogens with zero attached hydrogens (tertiary/aromatic N) is 2. The van der Waals surface area contributed by atoms with Crippen LogP contribution in [0.5, 0.6) is 23.3 Å². The van der Waals surface area contributed by atoms with Crippen molar-refractivity contribution in [2.45, 2.75) is 25.0 Å². The maximum Gasteiger partial charge on any atom is 0.194 e. The van der Waals surface area contributed by atoms with E-state index in [4.69, 9.17) is 9.47 Å². The SMILES string of the molecule is Oc1ccc(O)n1[C@H](CN1CCCC1)[C@H](O)c1ccc2c(c1)OCCO2. The number of likely N-dealkylation sites (tertiary alicyclic amines) is 1. The van der Waals surface area contributed by atoms with Crippen molar-refractivity contribution in [2.75, 3.05) is 32.8 Å². The molecule has 2 aliphatic heterocycles. The van der Waals surface area contributed by atoms with E-state index < -0.39 is 12.1 Å². The van der Waals surface area contributed by atoms with E-state index in [0.717, 1.165) is 25.9 Å². The average Bonchev–Trinajstić information content (AvgIpc) is 3.29. The number of aromatic hydroxyl groups is 2. The van der Waals surface area contributed by atoms with Gasteiger partial charge in [0.1, 0.15) is 19.3 Å². The Labute approximate surface area is 152 Å². The van der Waals surface area contributed by atoms with Gasteiger partial charge in [-0.15, -0.1) is 0 Å². The highest BCUT2D eigenvalue weighted by Crippen LogP contribution is 2.39. The largest absolute Gasteiger partial charge is 0.494 e. The molecule has 1 fully saturated rings. The quantitative estimate of drug-likeness (QED) is 0.756. The molecule has 26 heavy (non-hydrogen) atoms. The van der Waals surface area contributed by atoms with E-state index in [1.54, 1.807) is 18.2 Å². The van der Waals surface area contributed by atoms with Crippen LogP contribution in [0.25, 0.3) is 0 Å². The fraction of sp³-hybridized carbons (Fsp3) is 0.474. The lowest BCUT2D eigenvalue weighted by Crippen LogP contribution is -2.32. The van der Waals surface area contributed by atoms with Crippen LogP contribution < -0.4 is 9.47 Å². The smallest absolute Gasteiger partial charge is 0.194 e. The van der Waals surface area contributed by atoms with Crippen LogP contribution in [0.1, 0.15) is 30.6 Å². The molecule has 0 bridgehead atoms. The predicted octanol–water partition coefficient (Wildman–Crippen LogP) is 2.04. The summed E-state index contributed by atoms with van der Waals surface area (Å²) in [6.45, 7) is 3.42. The highest BCUT2D eigenvalue weighted by atomic mass is 16.6. The molecule has 0 aliphatic carbocycles. The Morgan fingerprint density at radius 2 is 1.58 bits per heavy atom. The van der Waals surface area contributed by atoms with Crippen LogP contribution in [0.3, 0.4) is 0 Å². The van der Waals surface area contributed by atoms with Gasteiger partial charge in [-0.05, 0) is 43.6 Å². The number of benzene rings is 1. The first-order valence-corrected chi connectivity index (χ1v) is 9.02. The number of aliphatic hydroxyl groups is 1. The Morgan fingerprint density at radius 3 is 2.27 bits per heavy atom. The van der Waals surface area contributed by atoms with Gasteiger partial charge in [-0.2, -0.15) is 0 Å². The molecule has 0 unspecified atom stereocenters. The molecular weight excluding hydrogens is 336 g/mol. The minimum atomic E-state index is -0.921. The third-order valence-electron chi connectivity index (χ3n) is 5.12. The van der Waals surface area contributed by atoms with Gasteiger partial charge >= 0.3 is 0 Å². The lowest BCUT2D eigenvalue weighted by atomic mass is 10.0. The number of ether oxygens (including phenoxy) is 2. The van der Waals surface area contributed by atoms with Gasteiger partial charge in [0.05, 0.1) is 6.04 Å². The summed E-state index contributed by atoms with van der Waals surface area (Å²) in [7, 11) is 0. The Hall–Kier alpha value is -2.38. The highest BCUT2D eigenvalue weighted by molar-refractivity contribution is 5.44. The molecule has 0 saturated carbocycles. The summed E-state index contributed by atoms with van der Waals surface area (Å²) in [5, 5.41) is 31.5. The molecule has 140 valence electrons. The minimum Gasteiger partial charge on any atom is -0.494 e. The summed E-state index contributed by atoms with van der Waals surface area (Å²) >= 11 is 0. The predicted molar refractivity (Wildman–Crippen MR) is 94.9 cm³/mol. The van der Waals surface area contributed by atoms with Crippen LogP contribution >= 0.6 is 0 Å². The first-order valence-electron chi connectivity index (χ1n) is 9.02. The lowest BCUT2D eigenvalue weighted by Gasteiger charge is -2.30. The van der Waals surface area contributed by atoms with Gasteiger partial charge in [-0.25, -0.2) is 0 Å². The van der Waals surface area contributed by atoms with Crippen LogP contribution in [0, 0.1) is 0 Å². The van der Waals surface area contributed by atoms with E-state index in [0.29, 0.717) is 36.8 Å². The Balaban J connectivity index is 1.66. The van der Waals surface area contributed by atoms with Crippen molar-refractivity contribution in [1.82, 2.24) is 9.47 Å². The van der Waals surface area contributed by atoms with Gasteiger partial charge in [-0.1, -0.05) is 6.07 Å². The monoisotopic (exact) mass is 360 g/mol. The zero-order valence-electron chi connectivity index (χ0n) is 14.5. The van der Waals surface area contributed by atoms with Gasteiger partial charge < -0.3 is 29.7 Å². The van der Waals surface area contributed by atoms with Crippen molar-refractivity contribution in [1.29, 1.82) is 0 Å². The number of rotatable bonds is 5. The van der Waals surface area contributed by atoms with E-state index in [-0.39, 0.29) is 11.8 Å². The molecule has 0 amide bonds. The van der Waals surface area contributed by atoms with Crippen molar-refractivity contribution >= 4 is 0 Å². The van der Waals surface area contributed by atoms with Crippen molar-refractivity contribution in [3.8, 4) is 23.3 Å². The normalized spacial score (nSPS) is 19.4. The van der Waals surface area contributed by atoms with Crippen LogP contribution in [-0.2, 0) is 0 Å². The average molecular weight is 360 g/mol. The van der Waals surface area contributed by atoms with Gasteiger partial charge in [0.15, 0.2) is 23.3 Å². The molecule has 1 aromatic carbocycles. The van der Waals surface area contributed by atoms with Crippen molar-refractivity contribution in [2.24, 2.45) is 0 Å². The maximum atomic E-state index is 11.1. The lowest BCUT2D eigenvalue weighted by molar-refractivity contribution is 0.0807. The third-order valence-corrected chi connectivity index (χ3v) is 5.12. The standard InChI is InChI=1S/C19H24N2O5/c22-17-5-6-18(23)21(17)14(12-20-7-1-2-8-20)19(24)13-3-4-15-16(11-13)26-10-9-25-15/h3-6,11,14,19,22-24H,1-2,7-10,12H2/t14-,19-/m1/s1. The summed E-state index contributed by atoms with van der Waals surface area (Å²) < 4.78 is 12.5. The van der Waals surface area contributed by atoms with Gasteiger partial charge in [0, 0.05) is 18.7 Å². The molecule has 2 atom stereocenters. The molecule has 0 spiro atoms. The zero-order chi connectivity index (χ0) is 18.1. The Kier molecular flexibility index (Phi) is 4.65. The molecule has 7 heteroatoms. The second-order valence-corrected chi connectivity index (χ2v) is 6.84. The van der Waals surface area contributed by atoms with Crippen LogP contribution in [0.2, 0.25) is 0 Å². The fourth-order valence-electron chi connectivity index (χ4n) is 3.79. The second-order valence-electron chi connectivity index (χ2n) is 6.84. The van der Waals surface area contributed by atoms with Crippen LogP contribution in [-0.4, -0.2) is 57.6 Å². The van der Waals surface area contributed by atoms with E-state index in [9.17, 15) is 15.3 Å². The van der Waals surface area contributed by atoms with E-state index in [1.165, 1.54) is 16.7 Å². The van der Waals surface area contributed by atoms with Gasteiger partial charge in [0.25, 0.3) is 0 Å². The second kappa shape index (κ2) is 7.09. The zero-order valence-corrected chi connectivity index (χ0v) is 14.5. The molecule has 0 radical (unpaired) electrons. The number of aromatic nitrogens is 1. The summed E-state index contributed by atoms with van der Waals surface area (Å²) in [4.78, 5) is 2.24. The molecule has 4 rings (SSSR count). The topological polar surface area (TPSA) is 87.3 Å². The first-order chi connectivity index (χ1) is 12.6. The Morgan fingerprint density at radius 1 is 0.923 bits per heavy atom. The molecule has 2 aliphatic rings. The van der Waals surface area contributed by atoms with Crippen molar-refractivity contribution < 1.29 is 24.8 Å². The van der Waals surface area contributed by atoms with Gasteiger partial charge in [0.2, 0.25) is 0 Å². The molecule has 7 nitrogen and oxygen atoms in total. The molecule has 3 heterocycles. The number of aliphatic hydroxyl groups excluding tert-OH is 1. The van der Waals surface area contributed by atoms with Crippen molar-refractivity contribution in [3.63, 3.8) is 0 Å². The molecule has 1 aromatic heterocycles. The summed E-state index contributed by atoms with van der Waals surface area (Å²) in [5.41, 5.74) is 0.658.